The zero-order valence-electron chi connectivity index (χ0n) is 17.2. The van der Waals surface area contributed by atoms with Crippen LogP contribution >= 0.6 is 0 Å². The SMILES string of the molecule is O=C(O)c1cc2c(OCC(O)COc3cccc4oc(=O)c(C(=O)O)cc34)cccc2oc1=O. The van der Waals surface area contributed by atoms with Crippen molar-refractivity contribution < 1.29 is 43.2 Å². The minimum absolute atomic E-state index is 0.115. The minimum atomic E-state index is -1.45. The zero-order valence-corrected chi connectivity index (χ0v) is 17.2. The molecule has 0 fully saturated rings. The number of carboxylic acid groups (broad SMARTS) is 2. The molecule has 0 aliphatic heterocycles. The van der Waals surface area contributed by atoms with Gasteiger partial charge < -0.3 is 33.6 Å². The summed E-state index contributed by atoms with van der Waals surface area (Å²) < 4.78 is 21.2. The third-order valence-electron chi connectivity index (χ3n) is 4.80. The fraction of sp³-hybridized carbons (Fsp3) is 0.130. The van der Waals surface area contributed by atoms with E-state index in [2.05, 4.69) is 0 Å². The molecule has 2 aromatic heterocycles. The Morgan fingerprint density at radius 1 is 0.765 bits per heavy atom. The summed E-state index contributed by atoms with van der Waals surface area (Å²) in [5, 5.41) is 29.0. The van der Waals surface area contributed by atoms with Gasteiger partial charge in [-0.25, -0.2) is 19.2 Å². The van der Waals surface area contributed by atoms with Crippen molar-refractivity contribution in [2.24, 2.45) is 0 Å². The van der Waals surface area contributed by atoms with E-state index in [-0.39, 0.29) is 46.7 Å². The molecule has 0 aliphatic rings. The molecule has 4 rings (SSSR count). The Morgan fingerprint density at radius 3 is 1.56 bits per heavy atom. The third kappa shape index (κ3) is 4.45. The summed E-state index contributed by atoms with van der Waals surface area (Å²) >= 11 is 0. The number of hydrogen-bond donors (Lipinski definition) is 3. The fourth-order valence-corrected chi connectivity index (χ4v) is 3.20. The molecule has 2 heterocycles. The van der Waals surface area contributed by atoms with Crippen molar-refractivity contribution in [3.63, 3.8) is 0 Å². The lowest BCUT2D eigenvalue weighted by Gasteiger charge is -2.15. The van der Waals surface area contributed by atoms with Gasteiger partial charge in [0.15, 0.2) is 0 Å². The molecule has 0 saturated heterocycles. The van der Waals surface area contributed by atoms with E-state index in [0.717, 1.165) is 12.1 Å². The van der Waals surface area contributed by atoms with Gasteiger partial charge in [0.2, 0.25) is 0 Å². The van der Waals surface area contributed by atoms with E-state index >= 15 is 0 Å². The average Bonchev–Trinajstić information content (AvgIpc) is 2.79. The number of ether oxygens (including phenoxy) is 2. The maximum atomic E-state index is 11.7. The van der Waals surface area contributed by atoms with Gasteiger partial charge >= 0.3 is 23.2 Å². The van der Waals surface area contributed by atoms with E-state index in [4.69, 9.17) is 28.5 Å². The number of carboxylic acids is 2. The quantitative estimate of drug-likeness (QED) is 0.323. The second-order valence-corrected chi connectivity index (χ2v) is 7.12. The highest BCUT2D eigenvalue weighted by molar-refractivity contribution is 5.94. The molecule has 0 amide bonds. The van der Waals surface area contributed by atoms with Gasteiger partial charge in [-0.15, -0.1) is 0 Å². The van der Waals surface area contributed by atoms with Gasteiger partial charge in [-0.05, 0) is 36.4 Å². The van der Waals surface area contributed by atoms with Crippen molar-refractivity contribution in [1.82, 2.24) is 0 Å². The summed E-state index contributed by atoms with van der Waals surface area (Å²) in [5.41, 5.74) is -2.88. The van der Waals surface area contributed by atoms with Gasteiger partial charge in [0.25, 0.3) is 0 Å². The molecule has 0 aliphatic carbocycles. The van der Waals surface area contributed by atoms with Gasteiger partial charge in [0.05, 0.1) is 10.8 Å². The highest BCUT2D eigenvalue weighted by Crippen LogP contribution is 2.27. The van der Waals surface area contributed by atoms with Crippen molar-refractivity contribution in [1.29, 1.82) is 0 Å². The van der Waals surface area contributed by atoms with Crippen LogP contribution < -0.4 is 20.7 Å². The number of carbonyl (C=O) groups is 2. The van der Waals surface area contributed by atoms with Crippen LogP contribution in [0.3, 0.4) is 0 Å². The molecule has 0 spiro atoms. The second-order valence-electron chi connectivity index (χ2n) is 7.12. The first-order valence-electron chi connectivity index (χ1n) is 9.78. The highest BCUT2D eigenvalue weighted by atomic mass is 16.5. The van der Waals surface area contributed by atoms with Crippen LogP contribution in [0, 0.1) is 0 Å². The summed E-state index contributed by atoms with van der Waals surface area (Å²) in [6.45, 7) is -0.526. The third-order valence-corrected chi connectivity index (χ3v) is 4.80. The van der Waals surface area contributed by atoms with Crippen molar-refractivity contribution in [2.45, 2.75) is 6.10 Å². The Kier molecular flexibility index (Phi) is 6.02. The smallest absolute Gasteiger partial charge is 0.351 e. The molecule has 11 nitrogen and oxygen atoms in total. The number of hydrogen-bond acceptors (Lipinski definition) is 9. The second kappa shape index (κ2) is 9.08. The largest absolute Gasteiger partial charge is 0.490 e. The van der Waals surface area contributed by atoms with Crippen LogP contribution in [0.15, 0.2) is 67.0 Å². The highest BCUT2D eigenvalue weighted by Gasteiger charge is 2.17. The van der Waals surface area contributed by atoms with Crippen LogP contribution in [-0.2, 0) is 0 Å². The molecule has 0 unspecified atom stereocenters. The Hall–Kier alpha value is -4.64. The number of aliphatic hydroxyl groups excluding tert-OH is 1. The summed E-state index contributed by atoms with van der Waals surface area (Å²) in [4.78, 5) is 45.9. The number of rotatable bonds is 8. The Labute approximate surface area is 189 Å². The molecule has 0 atom stereocenters. The predicted molar refractivity (Wildman–Crippen MR) is 116 cm³/mol. The van der Waals surface area contributed by atoms with E-state index in [1.165, 1.54) is 36.4 Å². The molecule has 0 saturated carbocycles. The molecular weight excluding hydrogens is 452 g/mol. The van der Waals surface area contributed by atoms with Crippen molar-refractivity contribution in [3.05, 3.63) is 80.5 Å². The van der Waals surface area contributed by atoms with Gasteiger partial charge in [0, 0.05) is 0 Å². The van der Waals surface area contributed by atoms with Gasteiger partial charge in [-0.1, -0.05) is 12.1 Å². The normalized spacial score (nSPS) is 11.1. The summed E-state index contributed by atoms with van der Waals surface area (Å²) in [7, 11) is 0. The van der Waals surface area contributed by atoms with E-state index < -0.39 is 40.4 Å². The van der Waals surface area contributed by atoms with E-state index in [9.17, 15) is 24.3 Å². The maximum absolute atomic E-state index is 11.7. The molecular formula is C23H16O11. The van der Waals surface area contributed by atoms with Crippen LogP contribution in [-0.4, -0.2) is 46.6 Å². The Balaban J connectivity index is 1.50. The molecule has 0 radical (unpaired) electrons. The zero-order chi connectivity index (χ0) is 24.4. The first kappa shape index (κ1) is 22.6. The standard InChI is InChI=1S/C23H16O11/c24-11(9-31-16-3-1-5-18-12(16)7-14(20(25)26)22(29)33-18)10-32-17-4-2-6-19-13(17)8-15(21(27)28)23(30)34-19/h1-8,11,24H,9-10H2,(H,25,26)(H,27,28). The number of aromatic carboxylic acids is 2. The van der Waals surface area contributed by atoms with E-state index in [1.807, 2.05) is 0 Å². The lowest BCUT2D eigenvalue weighted by Crippen LogP contribution is -2.25. The van der Waals surface area contributed by atoms with Crippen LogP contribution in [0.2, 0.25) is 0 Å². The molecule has 4 aromatic rings. The molecule has 2 aromatic carbocycles. The number of aliphatic hydroxyl groups is 1. The van der Waals surface area contributed by atoms with Gasteiger partial charge in [-0.2, -0.15) is 0 Å². The first-order chi connectivity index (χ1) is 16.2. The summed E-state index contributed by atoms with van der Waals surface area (Å²) in [6, 6.07) is 11.3. The topological polar surface area (TPSA) is 174 Å². The molecule has 3 N–H and O–H groups in total. The summed E-state index contributed by atoms with van der Waals surface area (Å²) in [5.74, 6) is -2.53. The molecule has 0 bridgehead atoms. The van der Waals surface area contributed by atoms with E-state index in [1.54, 1.807) is 0 Å². The van der Waals surface area contributed by atoms with Gasteiger partial charge in [0.1, 0.15) is 53.1 Å². The maximum Gasteiger partial charge on any atom is 0.351 e. The predicted octanol–water partition coefficient (Wildman–Crippen LogP) is 2.11. The average molecular weight is 468 g/mol. The lowest BCUT2D eigenvalue weighted by atomic mass is 10.1. The molecule has 34 heavy (non-hydrogen) atoms. The van der Waals surface area contributed by atoms with Crippen LogP contribution in [0.1, 0.15) is 20.7 Å². The van der Waals surface area contributed by atoms with E-state index in [0.29, 0.717) is 0 Å². The Bertz CT molecular complexity index is 1410. The first-order valence-corrected chi connectivity index (χ1v) is 9.78. The fourth-order valence-electron chi connectivity index (χ4n) is 3.20. The number of fused-ring (bicyclic) bond motifs is 2. The molecule has 11 heteroatoms. The van der Waals surface area contributed by atoms with Crippen LogP contribution in [0.5, 0.6) is 11.5 Å². The van der Waals surface area contributed by atoms with Crippen molar-refractivity contribution in [3.8, 4) is 11.5 Å². The van der Waals surface area contributed by atoms with Crippen LogP contribution in [0.4, 0.5) is 0 Å². The molecule has 174 valence electrons. The lowest BCUT2D eigenvalue weighted by molar-refractivity contribution is 0.0636. The number of benzene rings is 2. The van der Waals surface area contributed by atoms with Crippen LogP contribution in [0.25, 0.3) is 21.9 Å². The Morgan fingerprint density at radius 2 is 1.18 bits per heavy atom. The summed E-state index contributed by atoms with van der Waals surface area (Å²) in [6.07, 6.45) is -1.16. The van der Waals surface area contributed by atoms with Gasteiger partial charge in [-0.3, -0.25) is 0 Å². The van der Waals surface area contributed by atoms with Crippen molar-refractivity contribution in [2.75, 3.05) is 13.2 Å². The monoisotopic (exact) mass is 468 g/mol. The minimum Gasteiger partial charge on any atom is -0.490 e. The van der Waals surface area contributed by atoms with Crippen molar-refractivity contribution >= 4 is 33.9 Å².